The van der Waals surface area contributed by atoms with Gasteiger partial charge in [0.2, 0.25) is 11.8 Å². The fraction of sp³-hybridized carbons (Fsp3) is 0.818. The van der Waals surface area contributed by atoms with Crippen LogP contribution in [0, 0.1) is 0 Å². The molecule has 2 fully saturated rings. The first-order valence-electron chi connectivity index (χ1n) is 5.97. The van der Waals surface area contributed by atoms with Gasteiger partial charge in [-0.1, -0.05) is 0 Å². The highest BCUT2D eigenvalue weighted by Gasteiger charge is 2.39. The molecule has 1 atom stereocenters. The van der Waals surface area contributed by atoms with Crippen molar-refractivity contribution >= 4 is 11.8 Å². The van der Waals surface area contributed by atoms with Crippen molar-refractivity contribution in [3.05, 3.63) is 0 Å². The largest absolute Gasteiger partial charge is 0.377 e. The van der Waals surface area contributed by atoms with Crippen LogP contribution in [0.4, 0.5) is 0 Å². The van der Waals surface area contributed by atoms with Crippen molar-refractivity contribution in [2.75, 3.05) is 19.8 Å². The van der Waals surface area contributed by atoms with Crippen molar-refractivity contribution in [2.45, 2.75) is 37.3 Å². The highest BCUT2D eigenvalue weighted by Crippen LogP contribution is 2.32. The molecule has 1 saturated heterocycles. The van der Waals surface area contributed by atoms with Gasteiger partial charge in [0.15, 0.2) is 0 Å². The van der Waals surface area contributed by atoms with Gasteiger partial charge >= 0.3 is 0 Å². The maximum Gasteiger partial charge on any atom is 0.242 e. The second kappa shape index (κ2) is 4.62. The Balaban J connectivity index is 1.98. The zero-order valence-electron chi connectivity index (χ0n) is 9.85. The van der Waals surface area contributed by atoms with E-state index < -0.39 is 11.9 Å². The van der Waals surface area contributed by atoms with Crippen LogP contribution in [0.5, 0.6) is 0 Å². The number of rotatable bonds is 3. The smallest absolute Gasteiger partial charge is 0.242 e. The van der Waals surface area contributed by atoms with Crippen LogP contribution in [0.2, 0.25) is 0 Å². The molecule has 1 unspecified atom stereocenters. The Labute approximate surface area is 100 Å². The minimum atomic E-state index is -0.639. The minimum absolute atomic E-state index is 0.0840. The summed E-state index contributed by atoms with van der Waals surface area (Å²) < 4.78 is 5.17. The third-order valence-electron chi connectivity index (χ3n) is 3.63. The summed E-state index contributed by atoms with van der Waals surface area (Å²) in [6, 6.07) is -0.639. The van der Waals surface area contributed by atoms with E-state index >= 15 is 0 Å². The van der Waals surface area contributed by atoms with E-state index in [1.165, 1.54) is 4.90 Å². The van der Waals surface area contributed by atoms with Crippen molar-refractivity contribution < 1.29 is 14.3 Å². The van der Waals surface area contributed by atoms with Gasteiger partial charge in [0.1, 0.15) is 6.04 Å². The third kappa shape index (κ3) is 2.58. The first-order chi connectivity index (χ1) is 8.02. The van der Waals surface area contributed by atoms with Crippen LogP contribution in [0.25, 0.3) is 0 Å². The normalized spacial score (nSPS) is 27.4. The summed E-state index contributed by atoms with van der Waals surface area (Å²) in [6.45, 7) is 1.06. The highest BCUT2D eigenvalue weighted by molar-refractivity contribution is 5.87. The molecule has 2 rings (SSSR count). The molecular weight excluding hydrogens is 222 g/mol. The van der Waals surface area contributed by atoms with Crippen molar-refractivity contribution in [1.29, 1.82) is 0 Å². The van der Waals surface area contributed by atoms with Crippen molar-refractivity contribution in [2.24, 2.45) is 11.5 Å². The number of carbonyl (C=O) groups is 2. The lowest BCUT2D eigenvalue weighted by Crippen LogP contribution is -2.58. The van der Waals surface area contributed by atoms with Gasteiger partial charge in [0.25, 0.3) is 0 Å². The Morgan fingerprint density at radius 2 is 2.12 bits per heavy atom. The van der Waals surface area contributed by atoms with Gasteiger partial charge in [-0.05, 0) is 19.3 Å². The summed E-state index contributed by atoms with van der Waals surface area (Å²) in [6.07, 6.45) is 3.14. The van der Waals surface area contributed by atoms with Gasteiger partial charge in [-0.3, -0.25) is 9.59 Å². The number of carbonyl (C=O) groups excluding carboxylic acids is 2. The maximum atomic E-state index is 12.1. The van der Waals surface area contributed by atoms with Crippen LogP contribution in [-0.4, -0.2) is 48.1 Å². The molecule has 1 aliphatic carbocycles. The molecule has 0 aromatic rings. The van der Waals surface area contributed by atoms with Gasteiger partial charge in [0.05, 0.1) is 13.2 Å². The summed E-state index contributed by atoms with van der Waals surface area (Å²) in [4.78, 5) is 24.9. The Hall–Kier alpha value is -1.14. The molecule has 96 valence electrons. The fourth-order valence-electron chi connectivity index (χ4n) is 2.35. The van der Waals surface area contributed by atoms with Crippen LogP contribution in [-0.2, 0) is 14.3 Å². The molecule has 1 aliphatic heterocycles. The van der Waals surface area contributed by atoms with Crippen LogP contribution >= 0.6 is 0 Å². The fourth-order valence-corrected chi connectivity index (χ4v) is 2.35. The molecule has 1 saturated carbocycles. The first kappa shape index (κ1) is 12.3. The van der Waals surface area contributed by atoms with E-state index in [0.717, 1.165) is 19.3 Å². The number of ether oxygens (including phenoxy) is 1. The topological polar surface area (TPSA) is 98.7 Å². The van der Waals surface area contributed by atoms with Gasteiger partial charge in [-0.25, -0.2) is 0 Å². The number of hydrogen-bond donors (Lipinski definition) is 2. The predicted octanol–water partition coefficient (Wildman–Crippen LogP) is -1.03. The zero-order valence-corrected chi connectivity index (χ0v) is 9.85. The van der Waals surface area contributed by atoms with Crippen molar-refractivity contribution in [3.8, 4) is 0 Å². The van der Waals surface area contributed by atoms with Gasteiger partial charge in [-0.15, -0.1) is 0 Å². The average molecular weight is 241 g/mol. The number of nitrogens with two attached hydrogens (primary N) is 2. The van der Waals surface area contributed by atoms with E-state index in [1.54, 1.807) is 0 Å². The number of hydrogen-bond acceptors (Lipinski definition) is 4. The average Bonchev–Trinajstić information content (AvgIpc) is 2.26. The Kier molecular flexibility index (Phi) is 3.35. The molecule has 0 aromatic heterocycles. The van der Waals surface area contributed by atoms with Crippen molar-refractivity contribution in [3.63, 3.8) is 0 Å². The molecule has 6 nitrogen and oxygen atoms in total. The molecular formula is C11H19N3O3. The first-order valence-corrected chi connectivity index (χ1v) is 5.97. The molecule has 0 radical (unpaired) electrons. The number of morpholine rings is 1. The van der Waals surface area contributed by atoms with E-state index in [1.807, 2.05) is 0 Å². The van der Waals surface area contributed by atoms with Gasteiger partial charge < -0.3 is 21.1 Å². The van der Waals surface area contributed by atoms with Crippen LogP contribution in [0.1, 0.15) is 25.7 Å². The predicted molar refractivity (Wildman–Crippen MR) is 60.9 cm³/mol. The summed E-state index contributed by atoms with van der Waals surface area (Å²) in [7, 11) is 0. The number of primary amides is 1. The molecule has 17 heavy (non-hydrogen) atoms. The second-order valence-corrected chi connectivity index (χ2v) is 4.97. The van der Waals surface area contributed by atoms with Crippen LogP contribution < -0.4 is 11.5 Å². The number of amides is 2. The Morgan fingerprint density at radius 3 is 2.65 bits per heavy atom. The van der Waals surface area contributed by atoms with Crippen LogP contribution in [0.3, 0.4) is 0 Å². The number of nitrogens with zero attached hydrogens (tertiary/aromatic N) is 1. The standard InChI is InChI=1S/C11H19N3O3/c12-10(16)8-7-17-5-4-14(8)9(15)6-11(13)2-1-3-11/h8H,1-7,13H2,(H2,12,16). The lowest BCUT2D eigenvalue weighted by molar-refractivity contribution is -0.148. The van der Waals surface area contributed by atoms with E-state index in [4.69, 9.17) is 16.2 Å². The molecule has 6 heteroatoms. The Morgan fingerprint density at radius 1 is 1.41 bits per heavy atom. The Bertz CT molecular complexity index is 328. The molecule has 2 aliphatic rings. The summed E-state index contributed by atoms with van der Waals surface area (Å²) in [5.74, 6) is -0.600. The molecule has 4 N–H and O–H groups in total. The van der Waals surface area contributed by atoms with E-state index in [2.05, 4.69) is 0 Å². The lowest BCUT2D eigenvalue weighted by Gasteiger charge is -2.41. The summed E-state index contributed by atoms with van der Waals surface area (Å²) in [5, 5.41) is 0. The van der Waals surface area contributed by atoms with Crippen LogP contribution in [0.15, 0.2) is 0 Å². The minimum Gasteiger partial charge on any atom is -0.377 e. The van der Waals surface area contributed by atoms with E-state index in [0.29, 0.717) is 19.6 Å². The molecule has 2 amide bonds. The molecule has 0 aromatic carbocycles. The van der Waals surface area contributed by atoms with E-state index in [-0.39, 0.29) is 18.1 Å². The molecule has 1 heterocycles. The molecule has 0 bridgehead atoms. The highest BCUT2D eigenvalue weighted by atomic mass is 16.5. The lowest BCUT2D eigenvalue weighted by atomic mass is 9.75. The monoisotopic (exact) mass is 241 g/mol. The van der Waals surface area contributed by atoms with Gasteiger partial charge in [-0.2, -0.15) is 0 Å². The van der Waals surface area contributed by atoms with Crippen molar-refractivity contribution in [1.82, 2.24) is 4.90 Å². The molecule has 0 spiro atoms. The van der Waals surface area contributed by atoms with E-state index in [9.17, 15) is 9.59 Å². The third-order valence-corrected chi connectivity index (χ3v) is 3.63. The summed E-state index contributed by atoms with van der Waals surface area (Å²) in [5.41, 5.74) is 10.9. The SMILES string of the molecule is NC(=O)C1COCCN1C(=O)CC1(N)CCC1. The van der Waals surface area contributed by atoms with Gasteiger partial charge in [0, 0.05) is 18.5 Å². The second-order valence-electron chi connectivity index (χ2n) is 4.97. The zero-order chi connectivity index (χ0) is 12.5. The summed E-state index contributed by atoms with van der Waals surface area (Å²) >= 11 is 0. The maximum absolute atomic E-state index is 12.1. The quantitative estimate of drug-likeness (QED) is 0.660.